The van der Waals surface area contributed by atoms with E-state index >= 15 is 0 Å². The van der Waals surface area contributed by atoms with Crippen molar-refractivity contribution in [2.24, 2.45) is 0 Å². The minimum Gasteiger partial charge on any atom is -0.507 e. The predicted molar refractivity (Wildman–Crippen MR) is 85.7 cm³/mol. The third-order valence-corrected chi connectivity index (χ3v) is 3.25. The first-order chi connectivity index (χ1) is 9.95. The van der Waals surface area contributed by atoms with Crippen molar-refractivity contribution >= 4 is 17.3 Å². The zero-order valence-corrected chi connectivity index (χ0v) is 12.5. The van der Waals surface area contributed by atoms with Gasteiger partial charge < -0.3 is 15.7 Å². The summed E-state index contributed by atoms with van der Waals surface area (Å²) < 4.78 is 0. The Morgan fingerprint density at radius 1 is 1.05 bits per heavy atom. The molecule has 2 rings (SSSR count). The van der Waals surface area contributed by atoms with Crippen LogP contribution in [0.1, 0.15) is 23.6 Å². The summed E-state index contributed by atoms with van der Waals surface area (Å²) in [6, 6.07) is 11.5. The van der Waals surface area contributed by atoms with E-state index < -0.39 is 0 Å². The summed E-state index contributed by atoms with van der Waals surface area (Å²) in [5, 5.41) is 15.8. The number of carbonyl (C=O) groups is 1. The maximum atomic E-state index is 11.0. The van der Waals surface area contributed by atoms with Gasteiger partial charge in [0.1, 0.15) is 5.75 Å². The zero-order chi connectivity index (χ0) is 15.4. The van der Waals surface area contributed by atoms with Crippen LogP contribution in [0.2, 0.25) is 0 Å². The van der Waals surface area contributed by atoms with Crippen LogP contribution in [0, 0.1) is 13.8 Å². The van der Waals surface area contributed by atoms with Gasteiger partial charge in [0.05, 0.1) is 0 Å². The van der Waals surface area contributed by atoms with Crippen molar-refractivity contribution in [2.45, 2.75) is 27.3 Å². The van der Waals surface area contributed by atoms with E-state index in [1.54, 1.807) is 0 Å². The predicted octanol–water partition coefficient (Wildman–Crippen LogP) is 3.58. The second kappa shape index (κ2) is 6.31. The van der Waals surface area contributed by atoms with Crippen LogP contribution in [0.15, 0.2) is 36.4 Å². The van der Waals surface area contributed by atoms with Crippen molar-refractivity contribution in [3.63, 3.8) is 0 Å². The number of hydrogen-bond donors (Lipinski definition) is 3. The maximum Gasteiger partial charge on any atom is 0.221 e. The minimum atomic E-state index is -0.0780. The summed E-state index contributed by atoms with van der Waals surface area (Å²) in [5.74, 6) is 0.282. The van der Waals surface area contributed by atoms with E-state index in [0.717, 1.165) is 28.1 Å². The lowest BCUT2D eigenvalue weighted by atomic mass is 10.1. The molecule has 0 heterocycles. The van der Waals surface area contributed by atoms with Crippen LogP contribution in [0.3, 0.4) is 0 Å². The van der Waals surface area contributed by atoms with Gasteiger partial charge in [0.25, 0.3) is 0 Å². The van der Waals surface area contributed by atoms with Gasteiger partial charge in [-0.3, -0.25) is 4.79 Å². The van der Waals surface area contributed by atoms with Crippen molar-refractivity contribution in [3.8, 4) is 5.75 Å². The first kappa shape index (κ1) is 14.9. The highest BCUT2D eigenvalue weighted by Gasteiger charge is 2.03. The molecular formula is C17H20N2O2. The van der Waals surface area contributed by atoms with Gasteiger partial charge in [-0.1, -0.05) is 12.1 Å². The van der Waals surface area contributed by atoms with Gasteiger partial charge in [-0.05, 0) is 54.8 Å². The average molecular weight is 284 g/mol. The topological polar surface area (TPSA) is 61.4 Å². The number of aryl methyl sites for hydroxylation is 2. The van der Waals surface area contributed by atoms with Crippen LogP contribution in [0.5, 0.6) is 5.75 Å². The molecule has 2 aromatic rings. The molecule has 0 saturated heterocycles. The molecule has 0 aliphatic heterocycles. The number of phenols is 1. The van der Waals surface area contributed by atoms with Crippen LogP contribution in [0.4, 0.5) is 11.4 Å². The number of anilines is 2. The quantitative estimate of drug-likeness (QED) is 0.804. The molecule has 0 unspecified atom stereocenters. The van der Waals surface area contributed by atoms with Crippen molar-refractivity contribution in [1.29, 1.82) is 0 Å². The number of aromatic hydroxyl groups is 1. The number of phenolic OH excluding ortho intramolecular Hbond substituents is 1. The monoisotopic (exact) mass is 284 g/mol. The average Bonchev–Trinajstić information content (AvgIpc) is 2.43. The van der Waals surface area contributed by atoms with Gasteiger partial charge in [-0.2, -0.15) is 0 Å². The Labute approximate surface area is 124 Å². The van der Waals surface area contributed by atoms with Crippen molar-refractivity contribution < 1.29 is 9.90 Å². The van der Waals surface area contributed by atoms with Gasteiger partial charge in [-0.25, -0.2) is 0 Å². The fourth-order valence-corrected chi connectivity index (χ4v) is 2.23. The normalized spacial score (nSPS) is 10.2. The van der Waals surface area contributed by atoms with Gasteiger partial charge in [0.15, 0.2) is 0 Å². The lowest BCUT2D eigenvalue weighted by Crippen LogP contribution is -2.05. The van der Waals surface area contributed by atoms with E-state index in [-0.39, 0.29) is 5.91 Å². The van der Waals surface area contributed by atoms with Crippen LogP contribution in [-0.2, 0) is 11.3 Å². The number of benzene rings is 2. The lowest BCUT2D eigenvalue weighted by molar-refractivity contribution is -0.114. The van der Waals surface area contributed by atoms with Crippen LogP contribution in [-0.4, -0.2) is 11.0 Å². The molecule has 0 saturated carbocycles. The van der Waals surface area contributed by atoms with E-state index in [4.69, 9.17) is 0 Å². The number of hydrogen-bond acceptors (Lipinski definition) is 3. The molecule has 0 radical (unpaired) electrons. The van der Waals surface area contributed by atoms with Crippen molar-refractivity contribution in [2.75, 3.05) is 10.6 Å². The molecule has 0 aliphatic rings. The van der Waals surface area contributed by atoms with Gasteiger partial charge in [0, 0.05) is 24.8 Å². The Hall–Kier alpha value is -2.49. The van der Waals surface area contributed by atoms with Gasteiger partial charge >= 0.3 is 0 Å². The lowest BCUT2D eigenvalue weighted by Gasteiger charge is -2.11. The minimum absolute atomic E-state index is 0.0780. The summed E-state index contributed by atoms with van der Waals surface area (Å²) in [6.45, 7) is 5.96. The van der Waals surface area contributed by atoms with E-state index in [1.807, 2.05) is 50.2 Å². The number of rotatable bonds is 4. The summed E-state index contributed by atoms with van der Waals surface area (Å²) in [5.41, 5.74) is 4.64. The number of nitrogens with one attached hydrogen (secondary N) is 2. The summed E-state index contributed by atoms with van der Waals surface area (Å²) >= 11 is 0. The van der Waals surface area contributed by atoms with Crippen molar-refractivity contribution in [1.82, 2.24) is 0 Å². The van der Waals surface area contributed by atoms with E-state index in [9.17, 15) is 9.90 Å². The highest BCUT2D eigenvalue weighted by Crippen LogP contribution is 2.23. The Morgan fingerprint density at radius 3 is 2.10 bits per heavy atom. The second-order valence-electron chi connectivity index (χ2n) is 5.19. The van der Waals surface area contributed by atoms with Crippen LogP contribution < -0.4 is 10.6 Å². The largest absolute Gasteiger partial charge is 0.507 e. The highest BCUT2D eigenvalue weighted by molar-refractivity contribution is 5.88. The highest BCUT2D eigenvalue weighted by atomic mass is 16.3. The molecule has 3 N–H and O–H groups in total. The molecule has 0 aliphatic carbocycles. The molecule has 2 aromatic carbocycles. The van der Waals surface area contributed by atoms with Crippen LogP contribution in [0.25, 0.3) is 0 Å². The molecule has 0 bridgehead atoms. The fourth-order valence-electron chi connectivity index (χ4n) is 2.23. The Bertz CT molecular complexity index is 625. The van der Waals surface area contributed by atoms with Gasteiger partial charge in [0.2, 0.25) is 5.91 Å². The summed E-state index contributed by atoms with van der Waals surface area (Å²) in [4.78, 5) is 11.0. The molecule has 21 heavy (non-hydrogen) atoms. The Balaban J connectivity index is 2.01. The number of amides is 1. The number of carbonyl (C=O) groups excluding carboxylic acids is 1. The Morgan fingerprint density at radius 2 is 1.57 bits per heavy atom. The first-order valence-corrected chi connectivity index (χ1v) is 6.86. The third-order valence-electron chi connectivity index (χ3n) is 3.25. The summed E-state index contributed by atoms with van der Waals surface area (Å²) in [7, 11) is 0. The molecule has 0 spiro atoms. The second-order valence-corrected chi connectivity index (χ2v) is 5.19. The molecule has 110 valence electrons. The molecule has 0 aromatic heterocycles. The molecule has 0 fully saturated rings. The maximum absolute atomic E-state index is 11.0. The smallest absolute Gasteiger partial charge is 0.221 e. The standard InChI is InChI=1S/C17H20N2O2/c1-11-8-14(9-12(2)17(11)21)10-18-15-4-6-16(7-5-15)19-13(3)20/h4-9,18,21H,10H2,1-3H3,(H,19,20). The molecule has 4 heteroatoms. The first-order valence-electron chi connectivity index (χ1n) is 6.86. The van der Waals surface area contributed by atoms with E-state index in [2.05, 4.69) is 10.6 Å². The van der Waals surface area contributed by atoms with Gasteiger partial charge in [-0.15, -0.1) is 0 Å². The van der Waals surface area contributed by atoms with E-state index in [1.165, 1.54) is 6.92 Å². The summed E-state index contributed by atoms with van der Waals surface area (Å²) in [6.07, 6.45) is 0. The van der Waals surface area contributed by atoms with E-state index in [0.29, 0.717) is 12.3 Å². The molecular weight excluding hydrogens is 264 g/mol. The molecule has 0 atom stereocenters. The fraction of sp³-hybridized carbons (Fsp3) is 0.235. The molecule has 4 nitrogen and oxygen atoms in total. The third kappa shape index (κ3) is 3.99. The Kier molecular flexibility index (Phi) is 4.48. The molecule has 1 amide bonds. The van der Waals surface area contributed by atoms with Crippen LogP contribution >= 0.6 is 0 Å². The van der Waals surface area contributed by atoms with Crippen molar-refractivity contribution in [3.05, 3.63) is 53.1 Å². The zero-order valence-electron chi connectivity index (χ0n) is 12.5. The SMILES string of the molecule is CC(=O)Nc1ccc(NCc2cc(C)c(O)c(C)c2)cc1.